The standard InChI is InChI=1S/C12H26N4O6/c13-2-5-8(18)9(19)6(16)12(21-5)22-11-4(15)1-3(14)7(17)10(11)20/h3-12,17-20H,1-2,13-16H2/t3-,4+,5-,6+,7-,8+,9-,10+,11+,12+/m0/s1. The van der Waals surface area contributed by atoms with Crippen molar-refractivity contribution in [1.29, 1.82) is 0 Å². The normalized spacial score (nSPS) is 53.5. The fourth-order valence-corrected chi connectivity index (χ4v) is 2.89. The highest BCUT2D eigenvalue weighted by molar-refractivity contribution is 4.99. The molecular formula is C12H26N4O6. The van der Waals surface area contributed by atoms with Gasteiger partial charge in [0.1, 0.15) is 30.5 Å². The summed E-state index contributed by atoms with van der Waals surface area (Å²) in [7, 11) is 0. The number of hydrogen-bond acceptors (Lipinski definition) is 10. The zero-order valence-corrected chi connectivity index (χ0v) is 12.1. The highest BCUT2D eigenvalue weighted by Gasteiger charge is 2.47. The first-order valence-electron chi connectivity index (χ1n) is 7.28. The van der Waals surface area contributed by atoms with Gasteiger partial charge in [-0.05, 0) is 6.42 Å². The first-order valence-corrected chi connectivity index (χ1v) is 7.28. The van der Waals surface area contributed by atoms with Crippen LogP contribution >= 0.6 is 0 Å². The molecule has 2 rings (SSSR count). The van der Waals surface area contributed by atoms with E-state index in [1.165, 1.54) is 0 Å². The molecule has 10 atom stereocenters. The minimum Gasteiger partial charge on any atom is -0.389 e. The van der Waals surface area contributed by atoms with Gasteiger partial charge in [-0.1, -0.05) is 0 Å². The molecular weight excluding hydrogens is 296 g/mol. The van der Waals surface area contributed by atoms with Gasteiger partial charge in [0.05, 0.1) is 12.1 Å². The van der Waals surface area contributed by atoms with E-state index in [-0.39, 0.29) is 13.0 Å². The van der Waals surface area contributed by atoms with Crippen LogP contribution < -0.4 is 22.9 Å². The van der Waals surface area contributed by atoms with E-state index in [2.05, 4.69) is 0 Å². The van der Waals surface area contributed by atoms with Crippen LogP contribution in [0.25, 0.3) is 0 Å². The molecule has 0 unspecified atom stereocenters. The van der Waals surface area contributed by atoms with E-state index in [0.29, 0.717) is 0 Å². The van der Waals surface area contributed by atoms with E-state index >= 15 is 0 Å². The van der Waals surface area contributed by atoms with Crippen molar-refractivity contribution in [3.63, 3.8) is 0 Å². The van der Waals surface area contributed by atoms with Crippen molar-refractivity contribution < 1.29 is 29.9 Å². The molecule has 2 aliphatic rings. The Balaban J connectivity index is 2.08. The third-order valence-corrected chi connectivity index (χ3v) is 4.36. The molecule has 0 aromatic heterocycles. The van der Waals surface area contributed by atoms with E-state index in [0.717, 1.165) is 0 Å². The summed E-state index contributed by atoms with van der Waals surface area (Å²) in [5.41, 5.74) is 22.8. The second kappa shape index (κ2) is 7.01. The Morgan fingerprint density at radius 3 is 2.14 bits per heavy atom. The largest absolute Gasteiger partial charge is 0.389 e. The van der Waals surface area contributed by atoms with Crippen LogP contribution in [0, 0.1) is 0 Å². The van der Waals surface area contributed by atoms with Gasteiger partial charge in [0, 0.05) is 18.6 Å². The molecule has 1 aliphatic heterocycles. The predicted octanol–water partition coefficient (Wildman–Crippen LogP) is -5.12. The van der Waals surface area contributed by atoms with Crippen molar-refractivity contribution in [3.05, 3.63) is 0 Å². The lowest BCUT2D eigenvalue weighted by Crippen LogP contribution is -2.67. The molecule has 1 heterocycles. The Morgan fingerprint density at radius 2 is 1.55 bits per heavy atom. The van der Waals surface area contributed by atoms with Crippen LogP contribution in [0.4, 0.5) is 0 Å². The van der Waals surface area contributed by atoms with E-state index in [4.69, 9.17) is 32.4 Å². The number of ether oxygens (including phenoxy) is 2. The van der Waals surface area contributed by atoms with Crippen LogP contribution in [-0.4, -0.2) is 88.0 Å². The first-order chi connectivity index (χ1) is 10.3. The van der Waals surface area contributed by atoms with Crippen LogP contribution in [0.3, 0.4) is 0 Å². The molecule has 0 aromatic carbocycles. The van der Waals surface area contributed by atoms with Gasteiger partial charge in [-0.25, -0.2) is 0 Å². The average molecular weight is 322 g/mol. The quantitative estimate of drug-likeness (QED) is 0.248. The van der Waals surface area contributed by atoms with Gasteiger partial charge in [0.2, 0.25) is 0 Å². The maximum absolute atomic E-state index is 10.1. The zero-order valence-electron chi connectivity index (χ0n) is 12.1. The van der Waals surface area contributed by atoms with Crippen LogP contribution in [-0.2, 0) is 9.47 Å². The third-order valence-electron chi connectivity index (χ3n) is 4.36. The van der Waals surface area contributed by atoms with Gasteiger partial charge in [-0.2, -0.15) is 0 Å². The Labute approximate surface area is 128 Å². The lowest BCUT2D eigenvalue weighted by Gasteiger charge is -2.45. The molecule has 12 N–H and O–H groups in total. The molecule has 0 radical (unpaired) electrons. The van der Waals surface area contributed by atoms with Gasteiger partial charge >= 0.3 is 0 Å². The Hall–Kier alpha value is -0.400. The second-order valence-corrected chi connectivity index (χ2v) is 5.98. The fraction of sp³-hybridized carbons (Fsp3) is 1.00. The molecule has 10 heteroatoms. The number of aliphatic hydroxyl groups is 4. The Morgan fingerprint density at radius 1 is 0.909 bits per heavy atom. The maximum atomic E-state index is 10.1. The average Bonchev–Trinajstić information content (AvgIpc) is 2.49. The molecule has 1 aliphatic carbocycles. The van der Waals surface area contributed by atoms with Gasteiger partial charge in [-0.3, -0.25) is 0 Å². The molecule has 0 amide bonds. The minimum atomic E-state index is -1.31. The van der Waals surface area contributed by atoms with Gasteiger partial charge in [-0.15, -0.1) is 0 Å². The highest BCUT2D eigenvalue weighted by Crippen LogP contribution is 2.26. The topological polar surface area (TPSA) is 203 Å². The van der Waals surface area contributed by atoms with Gasteiger partial charge < -0.3 is 52.8 Å². The summed E-state index contributed by atoms with van der Waals surface area (Å²) in [6.45, 7) is -0.0441. The van der Waals surface area contributed by atoms with Crippen LogP contribution in [0.5, 0.6) is 0 Å². The molecule has 22 heavy (non-hydrogen) atoms. The monoisotopic (exact) mass is 322 g/mol. The summed E-state index contributed by atoms with van der Waals surface area (Å²) >= 11 is 0. The lowest BCUT2D eigenvalue weighted by atomic mass is 9.84. The summed E-state index contributed by atoms with van der Waals surface area (Å²) in [5.74, 6) is 0. The highest BCUT2D eigenvalue weighted by atomic mass is 16.7. The molecule has 2 fully saturated rings. The predicted molar refractivity (Wildman–Crippen MR) is 75.2 cm³/mol. The van der Waals surface area contributed by atoms with Crippen LogP contribution in [0.2, 0.25) is 0 Å². The van der Waals surface area contributed by atoms with Crippen LogP contribution in [0.15, 0.2) is 0 Å². The first kappa shape index (κ1) is 17.9. The molecule has 1 saturated heterocycles. The van der Waals surface area contributed by atoms with Crippen molar-refractivity contribution in [2.24, 2.45) is 22.9 Å². The van der Waals surface area contributed by atoms with Crippen molar-refractivity contribution >= 4 is 0 Å². The van der Waals surface area contributed by atoms with Gasteiger partial charge in [0.15, 0.2) is 6.29 Å². The Bertz CT molecular complexity index is 376. The molecule has 130 valence electrons. The SMILES string of the molecule is NC[C@@H]1O[C@H](O[C@H]2[C@H](O)[C@@H](O)[C@@H](N)C[C@H]2N)[C@H](N)[C@H](O)[C@@H]1O. The zero-order chi connectivity index (χ0) is 16.6. The smallest absolute Gasteiger partial charge is 0.176 e. The van der Waals surface area contributed by atoms with Crippen molar-refractivity contribution in [3.8, 4) is 0 Å². The van der Waals surface area contributed by atoms with E-state index in [9.17, 15) is 20.4 Å². The van der Waals surface area contributed by atoms with Crippen molar-refractivity contribution in [1.82, 2.24) is 0 Å². The van der Waals surface area contributed by atoms with E-state index < -0.39 is 61.0 Å². The van der Waals surface area contributed by atoms with Crippen LogP contribution in [0.1, 0.15) is 6.42 Å². The molecule has 0 bridgehead atoms. The number of nitrogens with two attached hydrogens (primary N) is 4. The summed E-state index contributed by atoms with van der Waals surface area (Å²) in [6.07, 6.45) is -7.73. The molecule has 0 aromatic rings. The minimum absolute atomic E-state index is 0.0441. The summed E-state index contributed by atoms with van der Waals surface area (Å²) < 4.78 is 11.0. The summed E-state index contributed by atoms with van der Waals surface area (Å²) in [5, 5.41) is 39.6. The van der Waals surface area contributed by atoms with E-state index in [1.54, 1.807) is 0 Å². The molecule has 0 spiro atoms. The lowest BCUT2D eigenvalue weighted by molar-refractivity contribution is -0.287. The molecule has 1 saturated carbocycles. The van der Waals surface area contributed by atoms with Crippen molar-refractivity contribution in [2.45, 2.75) is 67.5 Å². The number of aliphatic hydroxyl groups excluding tert-OH is 4. The van der Waals surface area contributed by atoms with Crippen molar-refractivity contribution in [2.75, 3.05) is 6.54 Å². The maximum Gasteiger partial charge on any atom is 0.176 e. The fourth-order valence-electron chi connectivity index (χ4n) is 2.89. The molecule has 10 nitrogen and oxygen atoms in total. The third kappa shape index (κ3) is 3.26. The van der Waals surface area contributed by atoms with E-state index in [1.807, 2.05) is 0 Å². The number of rotatable bonds is 3. The Kier molecular flexibility index (Phi) is 5.72. The summed E-state index contributed by atoms with van der Waals surface area (Å²) in [6, 6.07) is -2.34. The second-order valence-electron chi connectivity index (χ2n) is 5.98. The summed E-state index contributed by atoms with van der Waals surface area (Å²) in [4.78, 5) is 0. The van der Waals surface area contributed by atoms with Gasteiger partial charge in [0.25, 0.3) is 0 Å². The number of hydrogen-bond donors (Lipinski definition) is 8.